The van der Waals surface area contributed by atoms with Gasteiger partial charge >= 0.3 is 0 Å². The smallest absolute Gasteiger partial charge is 0.260 e. The van der Waals surface area contributed by atoms with Gasteiger partial charge in [0.2, 0.25) is 5.95 Å². The molecule has 0 spiro atoms. The van der Waals surface area contributed by atoms with E-state index in [1.54, 1.807) is 6.07 Å². The molecule has 24 heavy (non-hydrogen) atoms. The van der Waals surface area contributed by atoms with Crippen LogP contribution in [0.5, 0.6) is 0 Å². The lowest BCUT2D eigenvalue weighted by molar-refractivity contribution is 0.0943. The second-order valence-electron chi connectivity index (χ2n) is 6.96. The van der Waals surface area contributed by atoms with Gasteiger partial charge in [-0.3, -0.25) is 14.7 Å². The number of fused-ring (bicyclic) bond motifs is 1. The Bertz CT molecular complexity index is 734. The van der Waals surface area contributed by atoms with Crippen LogP contribution >= 0.6 is 0 Å². The highest BCUT2D eigenvalue weighted by molar-refractivity contribution is 5.78. The van der Waals surface area contributed by atoms with Crippen LogP contribution in [0.3, 0.4) is 0 Å². The molecule has 6 nitrogen and oxygen atoms in total. The summed E-state index contributed by atoms with van der Waals surface area (Å²) in [6.07, 6.45) is 0. The molecule has 130 valence electrons. The number of piperazine rings is 1. The van der Waals surface area contributed by atoms with Gasteiger partial charge in [0.1, 0.15) is 0 Å². The van der Waals surface area contributed by atoms with Crippen molar-refractivity contribution < 1.29 is 0 Å². The van der Waals surface area contributed by atoms with Crippen molar-refractivity contribution in [2.75, 3.05) is 45.1 Å². The van der Waals surface area contributed by atoms with Gasteiger partial charge in [0, 0.05) is 38.8 Å². The van der Waals surface area contributed by atoms with Gasteiger partial charge in [-0.2, -0.15) is 0 Å². The minimum Gasteiger partial charge on any atom is -0.354 e. The third-order valence-corrected chi connectivity index (χ3v) is 4.87. The Morgan fingerprint density at radius 2 is 1.92 bits per heavy atom. The predicted molar refractivity (Wildman–Crippen MR) is 98.5 cm³/mol. The minimum absolute atomic E-state index is 0.0937. The van der Waals surface area contributed by atoms with Crippen LogP contribution in [0.1, 0.15) is 13.8 Å². The number of aromatic nitrogens is 2. The first kappa shape index (κ1) is 16.9. The van der Waals surface area contributed by atoms with Crippen LogP contribution in [0.15, 0.2) is 29.1 Å². The number of nitrogens with zero attached hydrogens (tertiary/aromatic N) is 3. The summed E-state index contributed by atoms with van der Waals surface area (Å²) in [6, 6.07) is 7.85. The third kappa shape index (κ3) is 3.76. The first-order valence-electron chi connectivity index (χ1n) is 8.70. The van der Waals surface area contributed by atoms with Crippen LogP contribution in [0.25, 0.3) is 10.9 Å². The fourth-order valence-corrected chi connectivity index (χ4v) is 3.31. The number of aromatic amines is 1. The topological polar surface area (TPSA) is 64.3 Å². The Morgan fingerprint density at radius 1 is 1.21 bits per heavy atom. The zero-order valence-electron chi connectivity index (χ0n) is 14.7. The molecule has 1 atom stereocenters. The summed E-state index contributed by atoms with van der Waals surface area (Å²) in [5.41, 5.74) is 0.633. The van der Waals surface area contributed by atoms with Crippen molar-refractivity contribution in [3.63, 3.8) is 0 Å². The summed E-state index contributed by atoms with van der Waals surface area (Å²) in [4.78, 5) is 24.4. The van der Waals surface area contributed by atoms with Crippen LogP contribution in [0, 0.1) is 5.92 Å². The van der Waals surface area contributed by atoms with E-state index in [0.29, 0.717) is 23.3 Å². The first-order chi connectivity index (χ1) is 11.5. The summed E-state index contributed by atoms with van der Waals surface area (Å²) in [5.74, 6) is 1.09. The van der Waals surface area contributed by atoms with Crippen molar-refractivity contribution in [3.8, 4) is 0 Å². The maximum atomic E-state index is 12.2. The lowest BCUT2D eigenvalue weighted by Gasteiger charge is -2.39. The fourth-order valence-electron chi connectivity index (χ4n) is 3.31. The van der Waals surface area contributed by atoms with Gasteiger partial charge < -0.3 is 10.2 Å². The molecule has 0 aliphatic carbocycles. The molecule has 2 aromatic rings. The van der Waals surface area contributed by atoms with Gasteiger partial charge in [-0.1, -0.05) is 26.0 Å². The summed E-state index contributed by atoms with van der Waals surface area (Å²) in [6.45, 7) is 9.67. The summed E-state index contributed by atoms with van der Waals surface area (Å²) >= 11 is 0. The number of rotatable bonds is 5. The van der Waals surface area contributed by atoms with Crippen LogP contribution in [-0.2, 0) is 0 Å². The number of hydrogen-bond donors (Lipinski definition) is 2. The molecule has 1 saturated heterocycles. The van der Waals surface area contributed by atoms with Gasteiger partial charge in [0.15, 0.2) is 0 Å². The van der Waals surface area contributed by atoms with Gasteiger partial charge in [-0.05, 0) is 25.1 Å². The molecule has 2 N–H and O–H groups in total. The molecule has 1 aromatic carbocycles. The Kier molecular flexibility index (Phi) is 5.16. The number of hydrogen-bond acceptors (Lipinski definition) is 5. The second-order valence-corrected chi connectivity index (χ2v) is 6.96. The number of anilines is 1. The van der Waals surface area contributed by atoms with Crippen LogP contribution in [0.4, 0.5) is 5.95 Å². The Labute approximate surface area is 142 Å². The lowest BCUT2D eigenvalue weighted by Crippen LogP contribution is -2.52. The van der Waals surface area contributed by atoms with Gasteiger partial charge in [0.25, 0.3) is 5.56 Å². The molecule has 1 aromatic heterocycles. The molecule has 1 aliphatic rings. The molecule has 6 heteroatoms. The van der Waals surface area contributed by atoms with E-state index in [1.807, 2.05) is 18.2 Å². The fraction of sp³-hybridized carbons (Fsp3) is 0.556. The number of para-hydroxylation sites is 1. The monoisotopic (exact) mass is 329 g/mol. The Morgan fingerprint density at radius 3 is 2.62 bits per heavy atom. The minimum atomic E-state index is -0.0937. The van der Waals surface area contributed by atoms with Gasteiger partial charge in [-0.25, -0.2) is 4.98 Å². The number of likely N-dealkylation sites (N-methyl/N-ethyl adjacent to an activating group) is 1. The van der Waals surface area contributed by atoms with Crippen molar-refractivity contribution in [1.29, 1.82) is 0 Å². The standard InChI is InChI=1S/C18H27N5O/c1-13(2)16(23-10-8-22(3)9-11-23)12-19-18-20-15-7-5-4-6-14(15)17(24)21-18/h4-7,13,16H,8-12H2,1-3H3,(H2,19,20,21,24). The maximum absolute atomic E-state index is 12.2. The summed E-state index contributed by atoms with van der Waals surface area (Å²) < 4.78 is 0. The van der Waals surface area contributed by atoms with Crippen molar-refractivity contribution in [2.24, 2.45) is 5.92 Å². The molecule has 0 saturated carbocycles. The lowest BCUT2D eigenvalue weighted by atomic mass is 10.0. The van der Waals surface area contributed by atoms with E-state index in [1.165, 1.54) is 0 Å². The Hall–Kier alpha value is -1.92. The molecule has 0 radical (unpaired) electrons. The average molecular weight is 329 g/mol. The SMILES string of the molecule is CC(C)C(CNc1nc2ccccc2c(=O)[nH]1)N1CCN(C)CC1. The number of nitrogens with one attached hydrogen (secondary N) is 2. The highest BCUT2D eigenvalue weighted by atomic mass is 16.1. The maximum Gasteiger partial charge on any atom is 0.260 e. The van der Waals surface area contributed by atoms with Gasteiger partial charge in [0.05, 0.1) is 10.9 Å². The zero-order chi connectivity index (χ0) is 17.1. The quantitative estimate of drug-likeness (QED) is 0.872. The zero-order valence-corrected chi connectivity index (χ0v) is 14.7. The molecule has 1 fully saturated rings. The van der Waals surface area contributed by atoms with Crippen molar-refractivity contribution >= 4 is 16.9 Å². The summed E-state index contributed by atoms with van der Waals surface area (Å²) in [7, 11) is 2.17. The average Bonchev–Trinajstić information content (AvgIpc) is 2.56. The highest BCUT2D eigenvalue weighted by Gasteiger charge is 2.24. The number of benzene rings is 1. The molecule has 2 heterocycles. The van der Waals surface area contributed by atoms with Crippen molar-refractivity contribution in [3.05, 3.63) is 34.6 Å². The van der Waals surface area contributed by atoms with E-state index in [4.69, 9.17) is 0 Å². The van der Waals surface area contributed by atoms with E-state index in [9.17, 15) is 4.79 Å². The molecular formula is C18H27N5O. The molecule has 1 unspecified atom stereocenters. The molecular weight excluding hydrogens is 302 g/mol. The largest absolute Gasteiger partial charge is 0.354 e. The summed E-state index contributed by atoms with van der Waals surface area (Å²) in [5, 5.41) is 3.97. The number of H-pyrrole nitrogens is 1. The van der Waals surface area contributed by atoms with Crippen LogP contribution < -0.4 is 10.9 Å². The van der Waals surface area contributed by atoms with E-state index < -0.39 is 0 Å². The molecule has 0 amide bonds. The van der Waals surface area contributed by atoms with E-state index in [2.05, 4.69) is 46.0 Å². The normalized spacial score (nSPS) is 18.2. The first-order valence-corrected chi connectivity index (χ1v) is 8.70. The predicted octanol–water partition coefficient (Wildman–Crippen LogP) is 1.61. The van der Waals surface area contributed by atoms with Gasteiger partial charge in [-0.15, -0.1) is 0 Å². The van der Waals surface area contributed by atoms with Crippen molar-refractivity contribution in [2.45, 2.75) is 19.9 Å². The van der Waals surface area contributed by atoms with E-state index in [-0.39, 0.29) is 5.56 Å². The van der Waals surface area contributed by atoms with Crippen molar-refractivity contribution in [1.82, 2.24) is 19.8 Å². The molecule has 3 rings (SSSR count). The van der Waals surface area contributed by atoms with Crippen LogP contribution in [-0.4, -0.2) is 65.6 Å². The Balaban J connectivity index is 1.72. The highest BCUT2D eigenvalue weighted by Crippen LogP contribution is 2.15. The molecule has 1 aliphatic heterocycles. The second kappa shape index (κ2) is 7.32. The van der Waals surface area contributed by atoms with E-state index >= 15 is 0 Å². The van der Waals surface area contributed by atoms with E-state index in [0.717, 1.165) is 38.2 Å². The van der Waals surface area contributed by atoms with Crippen LogP contribution in [0.2, 0.25) is 0 Å². The molecule has 0 bridgehead atoms. The third-order valence-electron chi connectivity index (χ3n) is 4.87.